The maximum Gasteiger partial charge on any atom is 0.161 e. The number of hydrogen-bond donors (Lipinski definition) is 1. The molecular weight excluding hydrogens is 266 g/mol. The van der Waals surface area contributed by atoms with Crippen molar-refractivity contribution in [3.05, 3.63) is 24.3 Å². The highest BCUT2D eigenvalue weighted by Gasteiger charge is 2.48. The van der Waals surface area contributed by atoms with Crippen molar-refractivity contribution in [2.24, 2.45) is 5.41 Å². The van der Waals surface area contributed by atoms with Crippen LogP contribution in [0.5, 0.6) is 11.5 Å². The monoisotopic (exact) mass is 293 g/mol. The van der Waals surface area contributed by atoms with E-state index < -0.39 is 0 Å². The van der Waals surface area contributed by atoms with Gasteiger partial charge in [0.05, 0.1) is 12.7 Å². The third-order valence-electron chi connectivity index (χ3n) is 4.36. The standard InChI is InChI=1S/C17H27NO3/c1-5-20-13-8-6-7-9-14(13)21-11-10-18-15-12-16(19-4)17(15,2)3/h6-9,15-16,18H,5,10-12H2,1-4H3. The second kappa shape index (κ2) is 7.14. The van der Waals surface area contributed by atoms with Crippen molar-refractivity contribution in [3.63, 3.8) is 0 Å². The molecule has 1 aliphatic carbocycles. The second-order valence-electron chi connectivity index (χ2n) is 6.02. The fraction of sp³-hybridized carbons (Fsp3) is 0.647. The van der Waals surface area contributed by atoms with E-state index in [0.717, 1.165) is 24.5 Å². The molecule has 21 heavy (non-hydrogen) atoms. The Labute approximate surface area is 127 Å². The van der Waals surface area contributed by atoms with Crippen molar-refractivity contribution >= 4 is 0 Å². The summed E-state index contributed by atoms with van der Waals surface area (Å²) < 4.78 is 16.8. The fourth-order valence-corrected chi connectivity index (χ4v) is 2.87. The largest absolute Gasteiger partial charge is 0.490 e. The zero-order valence-corrected chi connectivity index (χ0v) is 13.5. The summed E-state index contributed by atoms with van der Waals surface area (Å²) in [6.07, 6.45) is 1.42. The molecule has 2 atom stereocenters. The molecule has 1 saturated carbocycles. The first-order valence-corrected chi connectivity index (χ1v) is 7.70. The lowest BCUT2D eigenvalue weighted by Crippen LogP contribution is -2.61. The van der Waals surface area contributed by atoms with Crippen LogP contribution in [-0.2, 0) is 4.74 Å². The van der Waals surface area contributed by atoms with Crippen molar-refractivity contribution in [1.82, 2.24) is 5.32 Å². The van der Waals surface area contributed by atoms with Gasteiger partial charge in [-0.05, 0) is 25.5 Å². The van der Waals surface area contributed by atoms with E-state index in [9.17, 15) is 0 Å². The van der Waals surface area contributed by atoms with Crippen LogP contribution in [0.3, 0.4) is 0 Å². The summed E-state index contributed by atoms with van der Waals surface area (Å²) >= 11 is 0. The SMILES string of the molecule is CCOc1ccccc1OCCNC1CC(OC)C1(C)C. The minimum absolute atomic E-state index is 0.192. The van der Waals surface area contributed by atoms with Crippen molar-refractivity contribution in [2.45, 2.75) is 39.3 Å². The molecule has 0 saturated heterocycles. The van der Waals surface area contributed by atoms with Crippen LogP contribution in [0.1, 0.15) is 27.2 Å². The van der Waals surface area contributed by atoms with Crippen molar-refractivity contribution in [2.75, 3.05) is 26.9 Å². The minimum Gasteiger partial charge on any atom is -0.490 e. The number of para-hydroxylation sites is 2. The topological polar surface area (TPSA) is 39.7 Å². The maximum atomic E-state index is 5.81. The van der Waals surface area contributed by atoms with Crippen LogP contribution in [0.4, 0.5) is 0 Å². The first-order valence-electron chi connectivity index (χ1n) is 7.70. The molecule has 0 aromatic heterocycles. The normalized spacial score (nSPS) is 23.4. The van der Waals surface area contributed by atoms with E-state index in [1.54, 1.807) is 7.11 Å². The predicted molar refractivity (Wildman–Crippen MR) is 84.1 cm³/mol. The summed E-state index contributed by atoms with van der Waals surface area (Å²) in [5.74, 6) is 1.62. The van der Waals surface area contributed by atoms with Crippen molar-refractivity contribution in [1.29, 1.82) is 0 Å². The van der Waals surface area contributed by atoms with Gasteiger partial charge in [0.25, 0.3) is 0 Å². The Hall–Kier alpha value is -1.26. The Bertz CT molecular complexity index is 447. The first kappa shape index (κ1) is 16.1. The molecular formula is C17H27NO3. The number of nitrogens with one attached hydrogen (secondary N) is 1. The molecule has 118 valence electrons. The second-order valence-corrected chi connectivity index (χ2v) is 6.02. The minimum atomic E-state index is 0.192. The highest BCUT2D eigenvalue weighted by molar-refractivity contribution is 5.39. The third-order valence-corrected chi connectivity index (χ3v) is 4.36. The van der Waals surface area contributed by atoms with Gasteiger partial charge in [-0.3, -0.25) is 0 Å². The Morgan fingerprint density at radius 3 is 2.43 bits per heavy atom. The van der Waals surface area contributed by atoms with E-state index in [1.807, 2.05) is 31.2 Å². The quantitative estimate of drug-likeness (QED) is 0.748. The van der Waals surface area contributed by atoms with Crippen LogP contribution in [0.2, 0.25) is 0 Å². The molecule has 0 spiro atoms. The van der Waals surface area contributed by atoms with E-state index in [4.69, 9.17) is 14.2 Å². The zero-order chi connectivity index (χ0) is 15.3. The average Bonchev–Trinajstić information content (AvgIpc) is 2.47. The molecule has 1 aliphatic rings. The van der Waals surface area contributed by atoms with E-state index in [1.165, 1.54) is 0 Å². The predicted octanol–water partition coefficient (Wildman–Crippen LogP) is 2.87. The number of rotatable bonds is 8. The van der Waals surface area contributed by atoms with Crippen LogP contribution < -0.4 is 14.8 Å². The highest BCUT2D eigenvalue weighted by Crippen LogP contribution is 2.42. The lowest BCUT2D eigenvalue weighted by molar-refractivity contribution is -0.0976. The molecule has 0 bridgehead atoms. The van der Waals surface area contributed by atoms with Gasteiger partial charge >= 0.3 is 0 Å². The molecule has 0 heterocycles. The molecule has 0 radical (unpaired) electrons. The number of methoxy groups -OCH3 is 1. The van der Waals surface area contributed by atoms with Crippen LogP contribution in [-0.4, -0.2) is 39.0 Å². The third kappa shape index (κ3) is 3.69. The lowest BCUT2D eigenvalue weighted by Gasteiger charge is -2.51. The Morgan fingerprint density at radius 1 is 1.19 bits per heavy atom. The molecule has 1 N–H and O–H groups in total. The van der Waals surface area contributed by atoms with E-state index in [2.05, 4.69) is 19.2 Å². The van der Waals surface area contributed by atoms with Gasteiger partial charge in [-0.1, -0.05) is 26.0 Å². The van der Waals surface area contributed by atoms with Gasteiger partial charge in [-0.15, -0.1) is 0 Å². The molecule has 0 aliphatic heterocycles. The molecule has 1 aromatic carbocycles. The highest BCUT2D eigenvalue weighted by atomic mass is 16.5. The van der Waals surface area contributed by atoms with Gasteiger partial charge in [0.15, 0.2) is 11.5 Å². The van der Waals surface area contributed by atoms with Crippen LogP contribution in [0.15, 0.2) is 24.3 Å². The van der Waals surface area contributed by atoms with Crippen molar-refractivity contribution in [3.8, 4) is 11.5 Å². The van der Waals surface area contributed by atoms with Crippen LogP contribution >= 0.6 is 0 Å². The van der Waals surface area contributed by atoms with Gasteiger partial charge in [0, 0.05) is 25.1 Å². The van der Waals surface area contributed by atoms with Gasteiger partial charge in [0.1, 0.15) is 6.61 Å². The molecule has 0 amide bonds. The smallest absolute Gasteiger partial charge is 0.161 e. The zero-order valence-electron chi connectivity index (χ0n) is 13.5. The van der Waals surface area contributed by atoms with E-state index >= 15 is 0 Å². The van der Waals surface area contributed by atoms with E-state index in [-0.39, 0.29) is 5.41 Å². The summed E-state index contributed by atoms with van der Waals surface area (Å²) in [6, 6.07) is 8.29. The van der Waals surface area contributed by atoms with Crippen LogP contribution in [0, 0.1) is 5.41 Å². The maximum absolute atomic E-state index is 5.81. The summed E-state index contributed by atoms with van der Waals surface area (Å²) in [6.45, 7) is 8.57. The summed E-state index contributed by atoms with van der Waals surface area (Å²) in [7, 11) is 1.79. The first-order chi connectivity index (χ1) is 10.1. The number of ether oxygens (including phenoxy) is 3. The summed E-state index contributed by atoms with van der Waals surface area (Å²) in [4.78, 5) is 0. The fourth-order valence-electron chi connectivity index (χ4n) is 2.87. The average molecular weight is 293 g/mol. The number of benzene rings is 1. The Kier molecular flexibility index (Phi) is 5.48. The van der Waals surface area contributed by atoms with Gasteiger partial charge in [-0.2, -0.15) is 0 Å². The van der Waals surface area contributed by atoms with Gasteiger partial charge < -0.3 is 19.5 Å². The van der Waals surface area contributed by atoms with Crippen molar-refractivity contribution < 1.29 is 14.2 Å². The van der Waals surface area contributed by atoms with Gasteiger partial charge in [-0.25, -0.2) is 0 Å². The number of hydrogen-bond acceptors (Lipinski definition) is 4. The molecule has 2 rings (SSSR count). The summed E-state index contributed by atoms with van der Waals surface area (Å²) in [5.41, 5.74) is 0.192. The summed E-state index contributed by atoms with van der Waals surface area (Å²) in [5, 5.41) is 3.55. The molecule has 4 heteroatoms. The Morgan fingerprint density at radius 2 is 1.86 bits per heavy atom. The lowest BCUT2D eigenvalue weighted by atomic mass is 9.64. The Balaban J connectivity index is 1.73. The molecule has 1 fully saturated rings. The van der Waals surface area contributed by atoms with Gasteiger partial charge in [0.2, 0.25) is 0 Å². The van der Waals surface area contributed by atoms with E-state index in [0.29, 0.717) is 25.4 Å². The van der Waals surface area contributed by atoms with Crippen LogP contribution in [0.25, 0.3) is 0 Å². The molecule has 4 nitrogen and oxygen atoms in total. The molecule has 1 aromatic rings. The molecule has 2 unspecified atom stereocenters.